The van der Waals surface area contributed by atoms with Gasteiger partial charge in [0.1, 0.15) is 6.10 Å². The molecule has 1 amide bonds. The van der Waals surface area contributed by atoms with E-state index in [0.717, 1.165) is 57.8 Å². The highest BCUT2D eigenvalue weighted by molar-refractivity contribution is 7.85. The molecule has 210 valence electrons. The third-order valence-electron chi connectivity index (χ3n) is 5.90. The zero-order valence-electron chi connectivity index (χ0n) is 22.5. The molecule has 0 aliphatic heterocycles. The summed E-state index contributed by atoms with van der Waals surface area (Å²) in [7, 11) is -4.43. The summed E-state index contributed by atoms with van der Waals surface area (Å²) >= 11 is 0. The van der Waals surface area contributed by atoms with Crippen molar-refractivity contribution in [2.75, 3.05) is 5.75 Å². The van der Waals surface area contributed by atoms with Crippen LogP contribution in [0.25, 0.3) is 0 Å². The number of rotatable bonds is 23. The van der Waals surface area contributed by atoms with E-state index in [1.165, 1.54) is 25.3 Å². The number of unbranched alkanes of at least 4 members (excludes halogenated alkanes) is 10. The first-order valence-corrected chi connectivity index (χ1v) is 15.4. The van der Waals surface area contributed by atoms with Crippen LogP contribution in [-0.4, -0.2) is 53.1 Å². The average Bonchev–Trinajstić information content (AvgIpc) is 2.82. The largest absolute Gasteiger partial charge is 0.387 e. The molecule has 3 unspecified atom stereocenters. The summed E-state index contributed by atoms with van der Waals surface area (Å²) < 4.78 is 32.0. The van der Waals surface area contributed by atoms with Gasteiger partial charge < -0.3 is 15.5 Å². The molecule has 0 bridgehead atoms. The molecule has 4 N–H and O–H groups in total. The van der Waals surface area contributed by atoms with E-state index in [1.54, 1.807) is 6.08 Å². The van der Waals surface area contributed by atoms with Crippen LogP contribution in [0.4, 0.5) is 0 Å². The Morgan fingerprint density at radius 3 is 1.89 bits per heavy atom. The number of aliphatic hydroxyl groups is 2. The Morgan fingerprint density at radius 1 is 0.750 bits per heavy atom. The number of amides is 1. The molecular weight excluding hydrogens is 478 g/mol. The van der Waals surface area contributed by atoms with Crippen molar-refractivity contribution in [2.45, 2.75) is 128 Å². The van der Waals surface area contributed by atoms with Crippen LogP contribution in [0.15, 0.2) is 36.5 Å². The summed E-state index contributed by atoms with van der Waals surface area (Å²) in [6.07, 6.45) is 23.7. The fourth-order valence-corrected chi connectivity index (χ4v) is 4.42. The summed E-state index contributed by atoms with van der Waals surface area (Å²) in [5, 5.41) is 22.9. The second kappa shape index (κ2) is 22.7. The number of aliphatic hydroxyl groups excluding tert-OH is 2. The fraction of sp³-hybridized carbons (Fsp3) is 0.750. The zero-order valence-corrected chi connectivity index (χ0v) is 23.3. The van der Waals surface area contributed by atoms with E-state index in [1.807, 2.05) is 0 Å². The molecule has 0 aromatic heterocycles. The summed E-state index contributed by atoms with van der Waals surface area (Å²) in [6.45, 7) is 4.33. The van der Waals surface area contributed by atoms with E-state index >= 15 is 0 Å². The summed E-state index contributed by atoms with van der Waals surface area (Å²) in [6, 6.07) is -1.25. The minimum atomic E-state index is -4.43. The van der Waals surface area contributed by atoms with E-state index in [4.69, 9.17) is 0 Å². The maximum Gasteiger partial charge on any atom is 0.267 e. The number of allylic oxidation sites excluding steroid dienone is 5. The van der Waals surface area contributed by atoms with Crippen LogP contribution in [0, 0.1) is 0 Å². The summed E-state index contributed by atoms with van der Waals surface area (Å²) in [4.78, 5) is 12.4. The Hall–Kier alpha value is -1.48. The maximum absolute atomic E-state index is 12.4. The highest BCUT2D eigenvalue weighted by atomic mass is 32.2. The van der Waals surface area contributed by atoms with Gasteiger partial charge >= 0.3 is 0 Å². The molecule has 0 aromatic carbocycles. The summed E-state index contributed by atoms with van der Waals surface area (Å²) in [5.41, 5.74) is 0. The van der Waals surface area contributed by atoms with Gasteiger partial charge in [-0.15, -0.1) is 0 Å². The Bertz CT molecular complexity index is 732. The van der Waals surface area contributed by atoms with Gasteiger partial charge in [-0.25, -0.2) is 0 Å². The molecule has 0 radical (unpaired) electrons. The predicted octanol–water partition coefficient (Wildman–Crippen LogP) is 5.64. The number of hydrogen-bond acceptors (Lipinski definition) is 5. The van der Waals surface area contributed by atoms with Crippen molar-refractivity contribution in [3.63, 3.8) is 0 Å². The van der Waals surface area contributed by atoms with E-state index in [9.17, 15) is 28.0 Å². The van der Waals surface area contributed by atoms with Gasteiger partial charge in [0.25, 0.3) is 10.1 Å². The Labute approximate surface area is 219 Å². The summed E-state index contributed by atoms with van der Waals surface area (Å²) in [5.74, 6) is -1.58. The topological polar surface area (TPSA) is 124 Å². The molecule has 0 saturated heterocycles. The Morgan fingerprint density at radius 2 is 1.28 bits per heavy atom. The first-order chi connectivity index (χ1) is 17.2. The second-order valence-electron chi connectivity index (χ2n) is 9.45. The second-order valence-corrected chi connectivity index (χ2v) is 10.9. The molecule has 0 aliphatic carbocycles. The molecule has 0 heterocycles. The van der Waals surface area contributed by atoms with Gasteiger partial charge in [-0.1, -0.05) is 95.2 Å². The monoisotopic (exact) mass is 529 g/mol. The van der Waals surface area contributed by atoms with Crippen LogP contribution in [0.5, 0.6) is 0 Å². The quantitative estimate of drug-likeness (QED) is 0.0771. The molecule has 0 aliphatic rings. The first-order valence-electron chi connectivity index (χ1n) is 13.8. The van der Waals surface area contributed by atoms with Gasteiger partial charge in [0.05, 0.1) is 17.9 Å². The maximum atomic E-state index is 12.4. The minimum Gasteiger partial charge on any atom is -0.387 e. The molecule has 7 nitrogen and oxygen atoms in total. The molecule has 0 fully saturated rings. The lowest BCUT2D eigenvalue weighted by molar-refractivity contribution is -0.130. The first kappa shape index (κ1) is 34.5. The molecule has 0 saturated carbocycles. The van der Waals surface area contributed by atoms with Crippen LogP contribution in [0.1, 0.15) is 110 Å². The lowest BCUT2D eigenvalue weighted by Crippen LogP contribution is -2.50. The zero-order chi connectivity index (χ0) is 27.1. The Kier molecular flexibility index (Phi) is 21.8. The van der Waals surface area contributed by atoms with E-state index in [2.05, 4.69) is 43.5 Å². The minimum absolute atomic E-state index is 0.258. The SMILES string of the molecule is CCCC/C=C/CC/C=C/C(O)C(CS(=O)(=O)O)NC(=O)C(O)CCCCCC/C=C\CCCCC. The number of nitrogens with one attached hydrogen (secondary N) is 1. The van der Waals surface area contributed by atoms with Crippen LogP contribution < -0.4 is 5.32 Å². The lowest BCUT2D eigenvalue weighted by atomic mass is 10.1. The van der Waals surface area contributed by atoms with Gasteiger partial charge in [0.2, 0.25) is 5.91 Å². The van der Waals surface area contributed by atoms with E-state index in [0.29, 0.717) is 12.8 Å². The highest BCUT2D eigenvalue weighted by Gasteiger charge is 2.27. The predicted molar refractivity (Wildman–Crippen MR) is 148 cm³/mol. The molecular formula is C28H51NO6S. The molecule has 0 spiro atoms. The van der Waals surface area contributed by atoms with Gasteiger partial charge in [-0.05, 0) is 51.4 Å². The molecule has 8 heteroatoms. The average molecular weight is 530 g/mol. The molecule has 0 rings (SSSR count). The van der Waals surface area contributed by atoms with Crippen LogP contribution >= 0.6 is 0 Å². The highest BCUT2D eigenvalue weighted by Crippen LogP contribution is 2.10. The molecule has 36 heavy (non-hydrogen) atoms. The number of carbonyl (C=O) groups is 1. The standard InChI is InChI=1S/C28H51NO6S/c1-3-5-7-9-11-13-14-15-17-19-21-23-27(31)28(32)29-25(24-36(33,34)35)26(30)22-20-18-16-12-10-8-6-4-2/h10-13,20,22,25-27,30-31H,3-9,14-19,21,23-24H2,1-2H3,(H,29,32)(H,33,34,35)/b12-10+,13-11-,22-20+. The van der Waals surface area contributed by atoms with Crippen molar-refractivity contribution in [2.24, 2.45) is 0 Å². The van der Waals surface area contributed by atoms with Gasteiger partial charge in [0.15, 0.2) is 0 Å². The van der Waals surface area contributed by atoms with Crippen molar-refractivity contribution in [1.82, 2.24) is 5.32 Å². The van der Waals surface area contributed by atoms with Crippen LogP contribution in [-0.2, 0) is 14.9 Å². The Balaban J connectivity index is 4.39. The molecule has 3 atom stereocenters. The fourth-order valence-electron chi connectivity index (χ4n) is 3.68. The van der Waals surface area contributed by atoms with Crippen LogP contribution in [0.3, 0.4) is 0 Å². The van der Waals surface area contributed by atoms with Gasteiger partial charge in [0, 0.05) is 0 Å². The van der Waals surface area contributed by atoms with Gasteiger partial charge in [-0.2, -0.15) is 8.42 Å². The molecule has 0 aromatic rings. The van der Waals surface area contributed by atoms with Crippen molar-refractivity contribution < 1.29 is 28.0 Å². The van der Waals surface area contributed by atoms with Crippen molar-refractivity contribution in [3.05, 3.63) is 36.5 Å². The number of hydrogen-bond donors (Lipinski definition) is 4. The van der Waals surface area contributed by atoms with Crippen molar-refractivity contribution >= 4 is 16.0 Å². The van der Waals surface area contributed by atoms with E-state index < -0.39 is 40.0 Å². The normalized spacial score (nSPS) is 15.1. The smallest absolute Gasteiger partial charge is 0.267 e. The van der Waals surface area contributed by atoms with Gasteiger partial charge in [-0.3, -0.25) is 9.35 Å². The van der Waals surface area contributed by atoms with Crippen molar-refractivity contribution in [1.29, 1.82) is 0 Å². The lowest BCUT2D eigenvalue weighted by Gasteiger charge is -2.22. The van der Waals surface area contributed by atoms with Crippen molar-refractivity contribution in [3.8, 4) is 0 Å². The number of carbonyl (C=O) groups excluding carboxylic acids is 1. The third-order valence-corrected chi connectivity index (χ3v) is 6.68. The third kappa shape index (κ3) is 21.8. The van der Waals surface area contributed by atoms with Crippen LogP contribution in [0.2, 0.25) is 0 Å². The van der Waals surface area contributed by atoms with E-state index in [-0.39, 0.29) is 6.42 Å².